The molecule has 1 aromatic heterocycles. The standard InChI is InChI=1S/C13H15NO3/c1-8(2)6-7-9-4-3-5-10-11(9)12(15)17-13(16)14-10/h3-5,8H,6-7H2,1-2H3,(H,14,16). The lowest BCUT2D eigenvalue weighted by molar-refractivity contribution is 0.459. The number of aromatic nitrogens is 1. The maximum Gasteiger partial charge on any atom is 0.419 e. The van der Waals surface area contributed by atoms with Gasteiger partial charge in [0.25, 0.3) is 0 Å². The molecule has 17 heavy (non-hydrogen) atoms. The van der Waals surface area contributed by atoms with Gasteiger partial charge in [0.05, 0.1) is 10.9 Å². The SMILES string of the molecule is CC(C)CCc1cccc2[nH]c(=O)oc(=O)c12. The average molecular weight is 233 g/mol. The zero-order valence-electron chi connectivity index (χ0n) is 9.95. The summed E-state index contributed by atoms with van der Waals surface area (Å²) in [7, 11) is 0. The molecule has 90 valence electrons. The van der Waals surface area contributed by atoms with E-state index in [1.807, 2.05) is 12.1 Å². The van der Waals surface area contributed by atoms with Crippen molar-refractivity contribution in [2.75, 3.05) is 0 Å². The van der Waals surface area contributed by atoms with E-state index in [2.05, 4.69) is 23.2 Å². The number of fused-ring (bicyclic) bond motifs is 1. The van der Waals surface area contributed by atoms with Crippen LogP contribution >= 0.6 is 0 Å². The Hall–Kier alpha value is -1.84. The van der Waals surface area contributed by atoms with Crippen LogP contribution in [0.3, 0.4) is 0 Å². The molecule has 0 saturated heterocycles. The van der Waals surface area contributed by atoms with Gasteiger partial charge >= 0.3 is 11.4 Å². The molecule has 0 amide bonds. The molecule has 2 aromatic rings. The van der Waals surface area contributed by atoms with Gasteiger partial charge in [-0.25, -0.2) is 9.59 Å². The maximum absolute atomic E-state index is 11.7. The summed E-state index contributed by atoms with van der Waals surface area (Å²) in [6.07, 6.45) is 1.81. The summed E-state index contributed by atoms with van der Waals surface area (Å²) in [6, 6.07) is 5.46. The Kier molecular flexibility index (Phi) is 3.13. The van der Waals surface area contributed by atoms with E-state index in [1.165, 1.54) is 0 Å². The van der Waals surface area contributed by atoms with E-state index in [0.717, 1.165) is 18.4 Å². The highest BCUT2D eigenvalue weighted by Crippen LogP contribution is 2.15. The second-order valence-electron chi connectivity index (χ2n) is 4.57. The second kappa shape index (κ2) is 4.57. The molecule has 4 heteroatoms. The van der Waals surface area contributed by atoms with E-state index in [1.54, 1.807) is 6.07 Å². The summed E-state index contributed by atoms with van der Waals surface area (Å²) in [5, 5.41) is 0.493. The fraction of sp³-hybridized carbons (Fsp3) is 0.385. The third-order valence-corrected chi connectivity index (χ3v) is 2.77. The van der Waals surface area contributed by atoms with E-state index < -0.39 is 11.4 Å². The molecule has 2 rings (SSSR count). The predicted molar refractivity (Wildman–Crippen MR) is 66.3 cm³/mol. The van der Waals surface area contributed by atoms with Crippen LogP contribution in [0.2, 0.25) is 0 Å². The number of aromatic amines is 1. The minimum Gasteiger partial charge on any atom is -0.372 e. The number of nitrogens with one attached hydrogen (secondary N) is 1. The summed E-state index contributed by atoms with van der Waals surface area (Å²) in [5.74, 6) is -0.136. The Morgan fingerprint density at radius 3 is 2.76 bits per heavy atom. The third kappa shape index (κ3) is 2.46. The van der Waals surface area contributed by atoms with Crippen molar-refractivity contribution < 1.29 is 4.42 Å². The first kappa shape index (κ1) is 11.6. The molecule has 0 bridgehead atoms. The van der Waals surface area contributed by atoms with Crippen molar-refractivity contribution in [2.45, 2.75) is 26.7 Å². The molecule has 0 aliphatic heterocycles. The number of rotatable bonds is 3. The first-order valence-electron chi connectivity index (χ1n) is 5.73. The number of aryl methyl sites for hydroxylation is 1. The van der Waals surface area contributed by atoms with Gasteiger partial charge in [0.2, 0.25) is 0 Å². The molecule has 0 fully saturated rings. The van der Waals surface area contributed by atoms with Crippen molar-refractivity contribution >= 4 is 10.9 Å². The molecular formula is C13H15NO3. The number of hydrogen-bond acceptors (Lipinski definition) is 3. The van der Waals surface area contributed by atoms with Crippen molar-refractivity contribution in [3.63, 3.8) is 0 Å². The topological polar surface area (TPSA) is 63.1 Å². The van der Waals surface area contributed by atoms with Gasteiger partial charge in [-0.1, -0.05) is 26.0 Å². The van der Waals surface area contributed by atoms with Crippen LogP contribution in [0.5, 0.6) is 0 Å². The van der Waals surface area contributed by atoms with Crippen molar-refractivity contribution in [2.24, 2.45) is 5.92 Å². The summed E-state index contributed by atoms with van der Waals surface area (Å²) in [6.45, 7) is 4.27. The van der Waals surface area contributed by atoms with Gasteiger partial charge in [0, 0.05) is 0 Å². The quantitative estimate of drug-likeness (QED) is 0.882. The average Bonchev–Trinajstić information content (AvgIpc) is 2.25. The first-order chi connectivity index (χ1) is 8.08. The van der Waals surface area contributed by atoms with Crippen LogP contribution in [0.15, 0.2) is 32.2 Å². The molecule has 0 unspecified atom stereocenters. The maximum atomic E-state index is 11.7. The summed E-state index contributed by atoms with van der Waals surface area (Å²) >= 11 is 0. The van der Waals surface area contributed by atoms with E-state index in [9.17, 15) is 9.59 Å². The monoisotopic (exact) mass is 233 g/mol. The van der Waals surface area contributed by atoms with Gasteiger partial charge in [-0.3, -0.25) is 4.98 Å². The number of H-pyrrole nitrogens is 1. The molecule has 1 heterocycles. The molecular weight excluding hydrogens is 218 g/mol. The molecule has 4 nitrogen and oxygen atoms in total. The van der Waals surface area contributed by atoms with Gasteiger partial charge in [0.15, 0.2) is 0 Å². The van der Waals surface area contributed by atoms with Crippen LogP contribution in [0.1, 0.15) is 25.8 Å². The smallest absolute Gasteiger partial charge is 0.372 e. The fourth-order valence-corrected chi connectivity index (χ4v) is 1.87. The zero-order valence-corrected chi connectivity index (χ0v) is 9.95. The van der Waals surface area contributed by atoms with Crippen molar-refractivity contribution in [1.82, 2.24) is 4.98 Å². The largest absolute Gasteiger partial charge is 0.419 e. The minimum atomic E-state index is -0.705. The number of hydrogen-bond donors (Lipinski definition) is 1. The molecule has 1 N–H and O–H groups in total. The van der Waals surface area contributed by atoms with Gasteiger partial charge in [-0.15, -0.1) is 0 Å². The zero-order chi connectivity index (χ0) is 12.4. The third-order valence-electron chi connectivity index (χ3n) is 2.77. The van der Waals surface area contributed by atoms with Crippen LogP contribution in [0, 0.1) is 5.92 Å². The molecule has 0 saturated carbocycles. The normalized spacial score (nSPS) is 11.2. The van der Waals surface area contributed by atoms with Crippen LogP contribution in [0.4, 0.5) is 0 Å². The predicted octanol–water partition coefficient (Wildman–Crippen LogP) is 2.07. The Balaban J connectivity index is 2.57. The highest BCUT2D eigenvalue weighted by Gasteiger charge is 2.08. The number of benzene rings is 1. The first-order valence-corrected chi connectivity index (χ1v) is 5.73. The molecule has 0 aliphatic carbocycles. The van der Waals surface area contributed by atoms with E-state index in [4.69, 9.17) is 0 Å². The van der Waals surface area contributed by atoms with Gasteiger partial charge < -0.3 is 4.42 Å². The minimum absolute atomic E-state index is 0.493. The van der Waals surface area contributed by atoms with Crippen LogP contribution in [-0.4, -0.2) is 4.98 Å². The summed E-state index contributed by atoms with van der Waals surface area (Å²) in [5.41, 5.74) is 0.928. The lowest BCUT2D eigenvalue weighted by Crippen LogP contribution is -2.15. The van der Waals surface area contributed by atoms with E-state index >= 15 is 0 Å². The van der Waals surface area contributed by atoms with Gasteiger partial charge in [0.1, 0.15) is 0 Å². The highest BCUT2D eigenvalue weighted by molar-refractivity contribution is 5.80. The highest BCUT2D eigenvalue weighted by atomic mass is 16.4. The lowest BCUT2D eigenvalue weighted by Gasteiger charge is -2.06. The molecule has 1 aromatic carbocycles. The molecule has 0 radical (unpaired) electrons. The Bertz CT molecular complexity index is 637. The van der Waals surface area contributed by atoms with Crippen LogP contribution in [-0.2, 0) is 6.42 Å². The molecule has 0 atom stereocenters. The van der Waals surface area contributed by atoms with Crippen LogP contribution < -0.4 is 11.4 Å². The van der Waals surface area contributed by atoms with Gasteiger partial charge in [-0.05, 0) is 30.4 Å². The van der Waals surface area contributed by atoms with Crippen LogP contribution in [0.25, 0.3) is 10.9 Å². The Labute approximate surface area is 98.3 Å². The lowest BCUT2D eigenvalue weighted by atomic mass is 10.00. The molecule has 0 spiro atoms. The van der Waals surface area contributed by atoms with E-state index in [0.29, 0.717) is 16.8 Å². The van der Waals surface area contributed by atoms with Gasteiger partial charge in [-0.2, -0.15) is 0 Å². The summed E-state index contributed by atoms with van der Waals surface area (Å²) < 4.78 is 4.57. The van der Waals surface area contributed by atoms with E-state index in [-0.39, 0.29) is 0 Å². The van der Waals surface area contributed by atoms with Crippen molar-refractivity contribution in [1.29, 1.82) is 0 Å². The Morgan fingerprint density at radius 1 is 1.29 bits per heavy atom. The van der Waals surface area contributed by atoms with Crippen molar-refractivity contribution in [3.05, 3.63) is 44.7 Å². The Morgan fingerprint density at radius 2 is 2.06 bits per heavy atom. The van der Waals surface area contributed by atoms with Crippen molar-refractivity contribution in [3.8, 4) is 0 Å². The molecule has 0 aliphatic rings. The summed E-state index contributed by atoms with van der Waals surface area (Å²) in [4.78, 5) is 25.3. The fourth-order valence-electron chi connectivity index (χ4n) is 1.87. The second-order valence-corrected chi connectivity index (χ2v) is 4.57.